The molecule has 2 fully saturated rings. The third-order valence-electron chi connectivity index (χ3n) is 6.24. The molecule has 2 aromatic carbocycles. The van der Waals surface area contributed by atoms with Crippen LogP contribution in [0.25, 0.3) is 0 Å². The summed E-state index contributed by atoms with van der Waals surface area (Å²) in [7, 11) is 1.77. The number of nitro benzene ring substituents is 1. The van der Waals surface area contributed by atoms with Gasteiger partial charge in [-0.3, -0.25) is 20.0 Å². The molecule has 4 rings (SSSR count). The van der Waals surface area contributed by atoms with Crippen LogP contribution in [0.1, 0.15) is 36.8 Å². The van der Waals surface area contributed by atoms with Crippen molar-refractivity contribution in [1.82, 2.24) is 15.5 Å². The van der Waals surface area contributed by atoms with E-state index >= 15 is 0 Å². The Morgan fingerprint density at radius 2 is 1.80 bits per heavy atom. The lowest BCUT2D eigenvalue weighted by Gasteiger charge is -2.39. The molecule has 30 heavy (non-hydrogen) atoms. The Kier molecular flexibility index (Phi) is 6.28. The predicted octanol–water partition coefficient (Wildman–Crippen LogP) is 3.46. The number of piperidine rings is 1. The number of hydrogen-bond donors (Lipinski definition) is 2. The van der Waals surface area contributed by atoms with Gasteiger partial charge in [0.05, 0.1) is 4.92 Å². The lowest BCUT2D eigenvalue weighted by Crippen LogP contribution is -2.52. The van der Waals surface area contributed by atoms with Gasteiger partial charge in [0.2, 0.25) is 0 Å². The molecule has 2 N–H and O–H groups in total. The van der Waals surface area contributed by atoms with Gasteiger partial charge in [-0.25, -0.2) is 0 Å². The standard InChI is InChI=1S/C23H29N5O2/c1-24-23(25-15-18-8-5-9-22(12-18)28(29)30)26-19-13-20-10-11-21(14-19)27(20)16-17-6-3-2-4-7-17/h2-9,12,19-21H,10-11,13-16H2,1H3,(H2,24,25,26). The third-order valence-corrected chi connectivity index (χ3v) is 6.24. The first-order valence-electron chi connectivity index (χ1n) is 10.6. The zero-order valence-electron chi connectivity index (χ0n) is 17.3. The highest BCUT2D eigenvalue weighted by Crippen LogP contribution is 2.36. The number of hydrogen-bond acceptors (Lipinski definition) is 4. The summed E-state index contributed by atoms with van der Waals surface area (Å²) in [4.78, 5) is 17.6. The molecule has 158 valence electrons. The van der Waals surface area contributed by atoms with Crippen LogP contribution in [0.15, 0.2) is 59.6 Å². The molecule has 2 saturated heterocycles. The minimum absolute atomic E-state index is 0.111. The average Bonchev–Trinajstić information content (AvgIpc) is 2.99. The van der Waals surface area contributed by atoms with Crippen LogP contribution < -0.4 is 10.6 Å². The zero-order chi connectivity index (χ0) is 20.9. The van der Waals surface area contributed by atoms with E-state index in [0.717, 1.165) is 30.9 Å². The highest BCUT2D eigenvalue weighted by molar-refractivity contribution is 5.80. The number of nitrogens with zero attached hydrogens (tertiary/aromatic N) is 3. The fourth-order valence-corrected chi connectivity index (χ4v) is 4.80. The van der Waals surface area contributed by atoms with Crippen molar-refractivity contribution in [3.8, 4) is 0 Å². The Bertz CT molecular complexity index is 887. The molecule has 2 unspecified atom stereocenters. The molecule has 2 heterocycles. The topological polar surface area (TPSA) is 82.8 Å². The van der Waals surface area contributed by atoms with Gasteiger partial charge in [0, 0.05) is 50.4 Å². The van der Waals surface area contributed by atoms with Crippen LogP contribution in [0.3, 0.4) is 0 Å². The van der Waals surface area contributed by atoms with Crippen molar-refractivity contribution >= 4 is 11.6 Å². The van der Waals surface area contributed by atoms with E-state index in [0.29, 0.717) is 24.7 Å². The van der Waals surface area contributed by atoms with Crippen molar-refractivity contribution in [3.05, 3.63) is 75.8 Å². The molecule has 0 radical (unpaired) electrons. The summed E-state index contributed by atoms with van der Waals surface area (Å²) in [6, 6.07) is 19.0. The van der Waals surface area contributed by atoms with Crippen molar-refractivity contribution in [3.63, 3.8) is 0 Å². The second-order valence-corrected chi connectivity index (χ2v) is 8.21. The van der Waals surface area contributed by atoms with E-state index in [1.165, 1.54) is 24.5 Å². The Labute approximate surface area is 177 Å². The third kappa shape index (κ3) is 4.79. The fraction of sp³-hybridized carbons (Fsp3) is 0.435. The summed E-state index contributed by atoms with van der Waals surface area (Å²) in [5.74, 6) is 0.752. The number of nitro groups is 1. The second-order valence-electron chi connectivity index (χ2n) is 8.21. The van der Waals surface area contributed by atoms with Gasteiger partial charge < -0.3 is 10.6 Å². The van der Waals surface area contributed by atoms with Crippen LogP contribution in [0.2, 0.25) is 0 Å². The molecule has 0 aliphatic carbocycles. The van der Waals surface area contributed by atoms with Crippen molar-refractivity contribution in [2.45, 2.75) is 56.9 Å². The summed E-state index contributed by atoms with van der Waals surface area (Å²) in [5.41, 5.74) is 2.36. The molecule has 0 aromatic heterocycles. The summed E-state index contributed by atoms with van der Waals surface area (Å²) in [6.45, 7) is 1.53. The smallest absolute Gasteiger partial charge is 0.269 e. The molecular weight excluding hydrogens is 378 g/mol. The molecule has 0 spiro atoms. The average molecular weight is 408 g/mol. The minimum atomic E-state index is -0.366. The van der Waals surface area contributed by atoms with E-state index in [-0.39, 0.29) is 10.6 Å². The Balaban J connectivity index is 1.31. The number of fused-ring (bicyclic) bond motifs is 2. The highest BCUT2D eigenvalue weighted by Gasteiger charge is 2.40. The first kappa shape index (κ1) is 20.3. The Hall–Kier alpha value is -2.93. The van der Waals surface area contributed by atoms with Gasteiger partial charge in [0.1, 0.15) is 0 Å². The van der Waals surface area contributed by atoms with E-state index in [1.54, 1.807) is 19.2 Å². The maximum atomic E-state index is 11.0. The lowest BCUT2D eigenvalue weighted by atomic mass is 9.96. The minimum Gasteiger partial charge on any atom is -0.354 e. The number of benzene rings is 2. The first-order chi connectivity index (χ1) is 14.6. The summed E-state index contributed by atoms with van der Waals surface area (Å²) >= 11 is 0. The molecule has 0 amide bonds. The quantitative estimate of drug-likeness (QED) is 0.332. The first-order valence-corrected chi connectivity index (χ1v) is 10.6. The lowest BCUT2D eigenvalue weighted by molar-refractivity contribution is -0.384. The summed E-state index contributed by atoms with van der Waals surface area (Å²) < 4.78 is 0. The summed E-state index contributed by atoms with van der Waals surface area (Å²) in [6.07, 6.45) is 4.74. The van der Waals surface area contributed by atoms with E-state index in [2.05, 4.69) is 50.9 Å². The zero-order valence-corrected chi connectivity index (χ0v) is 17.3. The number of aliphatic imine (C=N–C) groups is 1. The van der Waals surface area contributed by atoms with Crippen molar-refractivity contribution in [2.24, 2.45) is 4.99 Å². The second kappa shape index (κ2) is 9.26. The molecule has 0 saturated carbocycles. The maximum Gasteiger partial charge on any atom is 0.269 e. The molecule has 2 aliphatic heterocycles. The van der Waals surface area contributed by atoms with Crippen LogP contribution in [-0.2, 0) is 13.1 Å². The van der Waals surface area contributed by atoms with Crippen LogP contribution in [0.4, 0.5) is 5.69 Å². The Morgan fingerprint density at radius 3 is 2.47 bits per heavy atom. The normalized spacial score (nSPS) is 23.9. The van der Waals surface area contributed by atoms with Gasteiger partial charge in [-0.2, -0.15) is 0 Å². The monoisotopic (exact) mass is 407 g/mol. The number of guanidine groups is 1. The van der Waals surface area contributed by atoms with Gasteiger partial charge >= 0.3 is 0 Å². The number of non-ortho nitro benzene ring substituents is 1. The molecule has 7 heteroatoms. The maximum absolute atomic E-state index is 11.0. The molecule has 7 nitrogen and oxygen atoms in total. The van der Waals surface area contributed by atoms with Gasteiger partial charge in [0.15, 0.2) is 5.96 Å². The van der Waals surface area contributed by atoms with E-state index in [9.17, 15) is 10.1 Å². The molecular formula is C23H29N5O2. The highest BCUT2D eigenvalue weighted by atomic mass is 16.6. The van der Waals surface area contributed by atoms with Gasteiger partial charge in [0.25, 0.3) is 5.69 Å². The van der Waals surface area contributed by atoms with Crippen molar-refractivity contribution in [1.29, 1.82) is 0 Å². The van der Waals surface area contributed by atoms with E-state index in [4.69, 9.17) is 0 Å². The van der Waals surface area contributed by atoms with Gasteiger partial charge in [-0.15, -0.1) is 0 Å². The predicted molar refractivity (Wildman–Crippen MR) is 118 cm³/mol. The number of nitrogens with one attached hydrogen (secondary N) is 2. The van der Waals surface area contributed by atoms with Crippen LogP contribution in [0.5, 0.6) is 0 Å². The molecule has 2 atom stereocenters. The summed E-state index contributed by atoms with van der Waals surface area (Å²) in [5, 5.41) is 17.8. The molecule has 2 aliphatic rings. The van der Waals surface area contributed by atoms with Crippen LogP contribution in [-0.4, -0.2) is 41.0 Å². The van der Waals surface area contributed by atoms with E-state index < -0.39 is 0 Å². The van der Waals surface area contributed by atoms with Crippen LogP contribution in [0, 0.1) is 10.1 Å². The fourth-order valence-electron chi connectivity index (χ4n) is 4.80. The Morgan fingerprint density at radius 1 is 1.10 bits per heavy atom. The van der Waals surface area contributed by atoms with Crippen LogP contribution >= 0.6 is 0 Å². The molecule has 2 aromatic rings. The van der Waals surface area contributed by atoms with Gasteiger partial charge in [-0.05, 0) is 36.8 Å². The van der Waals surface area contributed by atoms with Crippen molar-refractivity contribution in [2.75, 3.05) is 7.05 Å². The van der Waals surface area contributed by atoms with Crippen molar-refractivity contribution < 1.29 is 4.92 Å². The SMILES string of the molecule is CN=C(NCc1cccc([N+](=O)[O-])c1)NC1CC2CCC(C1)N2Cc1ccccc1. The van der Waals surface area contributed by atoms with Gasteiger partial charge in [-0.1, -0.05) is 42.5 Å². The largest absolute Gasteiger partial charge is 0.354 e. The number of rotatable bonds is 6. The molecule has 2 bridgehead atoms. The van der Waals surface area contributed by atoms with E-state index in [1.807, 2.05) is 6.07 Å².